The first-order chi connectivity index (χ1) is 6.67. The maximum Gasteiger partial charge on any atom is 0.355 e. The molecule has 1 atom stereocenters. The average molecular weight is 200 g/mol. The van der Waals surface area contributed by atoms with E-state index >= 15 is 0 Å². The number of esters is 2. The third-order valence-corrected chi connectivity index (χ3v) is 1.74. The van der Waals surface area contributed by atoms with Crippen LogP contribution in [-0.2, 0) is 19.1 Å². The summed E-state index contributed by atoms with van der Waals surface area (Å²) in [5, 5.41) is 2.74. The van der Waals surface area contributed by atoms with Crippen LogP contribution in [0.4, 0.5) is 0 Å². The van der Waals surface area contributed by atoms with Crippen molar-refractivity contribution in [3.05, 3.63) is 11.8 Å². The van der Waals surface area contributed by atoms with Crippen LogP contribution in [0.3, 0.4) is 0 Å². The molecule has 78 valence electrons. The lowest BCUT2D eigenvalue weighted by Gasteiger charge is -2.24. The van der Waals surface area contributed by atoms with Crippen LogP contribution in [-0.4, -0.2) is 38.2 Å². The topological polar surface area (TPSA) is 90.7 Å². The summed E-state index contributed by atoms with van der Waals surface area (Å²) in [4.78, 5) is 22.0. The van der Waals surface area contributed by atoms with Gasteiger partial charge in [-0.15, -0.1) is 0 Å². The van der Waals surface area contributed by atoms with Crippen molar-refractivity contribution in [2.75, 3.05) is 20.2 Å². The molecule has 0 bridgehead atoms. The normalized spacial score (nSPS) is 24.0. The lowest BCUT2D eigenvalue weighted by Crippen LogP contribution is -2.44. The van der Waals surface area contributed by atoms with Crippen LogP contribution in [0.1, 0.15) is 0 Å². The van der Waals surface area contributed by atoms with E-state index in [9.17, 15) is 9.59 Å². The highest BCUT2D eigenvalue weighted by atomic mass is 16.5. The molecule has 3 N–H and O–H groups in total. The highest BCUT2D eigenvalue weighted by Crippen LogP contribution is 2.05. The van der Waals surface area contributed by atoms with Crippen molar-refractivity contribution in [3.8, 4) is 0 Å². The Kier molecular flexibility index (Phi) is 3.47. The number of hydrogen-bond acceptors (Lipinski definition) is 6. The van der Waals surface area contributed by atoms with Gasteiger partial charge < -0.3 is 20.5 Å². The summed E-state index contributed by atoms with van der Waals surface area (Å²) in [6.45, 7) is 0.662. The molecule has 1 saturated heterocycles. The van der Waals surface area contributed by atoms with Crippen LogP contribution < -0.4 is 11.1 Å². The standard InChI is InChI=1S/C8H12N2O4/c1-13-7(11)2-6-8(12)14-5(3-9)4-10-6/h2,5,10H,3-4,9H2,1H3/b6-2-. The smallest absolute Gasteiger partial charge is 0.355 e. The number of methoxy groups -OCH3 is 1. The Morgan fingerprint density at radius 3 is 3.07 bits per heavy atom. The molecule has 0 spiro atoms. The van der Waals surface area contributed by atoms with Crippen LogP contribution in [0.2, 0.25) is 0 Å². The molecule has 0 aliphatic carbocycles. The van der Waals surface area contributed by atoms with E-state index in [1.807, 2.05) is 0 Å². The SMILES string of the molecule is COC(=O)/C=C1\NCC(CN)OC1=O. The van der Waals surface area contributed by atoms with Crippen LogP contribution in [0.5, 0.6) is 0 Å². The van der Waals surface area contributed by atoms with E-state index in [4.69, 9.17) is 10.5 Å². The summed E-state index contributed by atoms with van der Waals surface area (Å²) in [5.74, 6) is -1.19. The largest absolute Gasteiger partial charge is 0.466 e. The van der Waals surface area contributed by atoms with Crippen molar-refractivity contribution in [2.24, 2.45) is 5.73 Å². The van der Waals surface area contributed by atoms with Gasteiger partial charge in [0.2, 0.25) is 0 Å². The zero-order valence-corrected chi connectivity index (χ0v) is 7.78. The summed E-state index contributed by atoms with van der Waals surface area (Å²) in [7, 11) is 1.23. The van der Waals surface area contributed by atoms with Crippen LogP contribution in [0.25, 0.3) is 0 Å². The molecule has 1 unspecified atom stereocenters. The Bertz CT molecular complexity index is 275. The molecule has 1 fully saturated rings. The van der Waals surface area contributed by atoms with Crippen molar-refractivity contribution in [3.63, 3.8) is 0 Å². The second-order valence-electron chi connectivity index (χ2n) is 2.73. The fraction of sp³-hybridized carbons (Fsp3) is 0.500. The highest BCUT2D eigenvalue weighted by molar-refractivity contribution is 5.96. The average Bonchev–Trinajstić information content (AvgIpc) is 2.20. The van der Waals surface area contributed by atoms with E-state index < -0.39 is 11.9 Å². The van der Waals surface area contributed by atoms with E-state index in [1.54, 1.807) is 0 Å². The van der Waals surface area contributed by atoms with Crippen LogP contribution in [0, 0.1) is 0 Å². The molecule has 6 nitrogen and oxygen atoms in total. The third kappa shape index (κ3) is 2.46. The highest BCUT2D eigenvalue weighted by Gasteiger charge is 2.24. The molecular formula is C8H12N2O4. The van der Waals surface area contributed by atoms with E-state index in [0.717, 1.165) is 6.08 Å². The summed E-state index contributed by atoms with van der Waals surface area (Å²) >= 11 is 0. The number of cyclic esters (lactones) is 1. The van der Waals surface area contributed by atoms with Crippen LogP contribution in [0.15, 0.2) is 11.8 Å². The fourth-order valence-electron chi connectivity index (χ4n) is 0.971. The molecule has 1 heterocycles. The number of rotatable bonds is 2. The first kappa shape index (κ1) is 10.5. The Hall–Kier alpha value is -1.56. The van der Waals surface area contributed by atoms with Gasteiger partial charge in [-0.25, -0.2) is 9.59 Å². The van der Waals surface area contributed by atoms with Crippen LogP contribution >= 0.6 is 0 Å². The molecule has 0 amide bonds. The van der Waals surface area contributed by atoms with Gasteiger partial charge in [0.15, 0.2) is 0 Å². The Labute approximate surface area is 81.0 Å². The Morgan fingerprint density at radius 2 is 2.57 bits per heavy atom. The van der Waals surface area contributed by atoms with Crippen molar-refractivity contribution < 1.29 is 19.1 Å². The van der Waals surface area contributed by atoms with E-state index in [2.05, 4.69) is 10.1 Å². The first-order valence-electron chi connectivity index (χ1n) is 4.12. The first-order valence-corrected chi connectivity index (χ1v) is 4.12. The minimum atomic E-state index is -0.601. The van der Waals surface area contributed by atoms with E-state index in [0.29, 0.717) is 6.54 Å². The third-order valence-electron chi connectivity index (χ3n) is 1.74. The maximum atomic E-state index is 11.2. The molecule has 1 rings (SSSR count). The molecule has 1 aliphatic heterocycles. The Balaban J connectivity index is 2.62. The predicted octanol–water partition coefficient (Wildman–Crippen LogP) is -1.48. The van der Waals surface area contributed by atoms with Gasteiger partial charge >= 0.3 is 11.9 Å². The fourth-order valence-corrected chi connectivity index (χ4v) is 0.971. The molecule has 0 saturated carbocycles. The summed E-state index contributed by atoms with van der Waals surface area (Å²) in [5.41, 5.74) is 5.41. The number of nitrogens with one attached hydrogen (secondary N) is 1. The van der Waals surface area contributed by atoms with Gasteiger partial charge in [-0.05, 0) is 0 Å². The monoisotopic (exact) mass is 200 g/mol. The zero-order valence-electron chi connectivity index (χ0n) is 7.78. The molecule has 14 heavy (non-hydrogen) atoms. The Morgan fingerprint density at radius 1 is 1.86 bits per heavy atom. The summed E-state index contributed by atoms with van der Waals surface area (Å²) < 4.78 is 9.26. The van der Waals surface area contributed by atoms with Gasteiger partial charge in [0, 0.05) is 6.54 Å². The lowest BCUT2D eigenvalue weighted by molar-refractivity contribution is -0.147. The minimum absolute atomic E-state index is 0.0987. The quantitative estimate of drug-likeness (QED) is 0.417. The van der Waals surface area contributed by atoms with Gasteiger partial charge in [0.1, 0.15) is 11.8 Å². The number of carbonyl (C=O) groups is 2. The van der Waals surface area contributed by atoms with Crippen molar-refractivity contribution in [2.45, 2.75) is 6.10 Å². The summed E-state index contributed by atoms with van der Waals surface area (Å²) in [6.07, 6.45) is 0.715. The number of morpholine rings is 1. The second kappa shape index (κ2) is 4.61. The van der Waals surface area contributed by atoms with Gasteiger partial charge in [-0.2, -0.15) is 0 Å². The number of nitrogens with two attached hydrogens (primary N) is 1. The van der Waals surface area contributed by atoms with Gasteiger partial charge in [0.05, 0.1) is 19.7 Å². The van der Waals surface area contributed by atoms with Crippen molar-refractivity contribution in [1.82, 2.24) is 5.32 Å². The lowest BCUT2D eigenvalue weighted by atomic mass is 10.2. The molecule has 6 heteroatoms. The predicted molar refractivity (Wildman–Crippen MR) is 47.0 cm³/mol. The number of hydrogen-bond donors (Lipinski definition) is 2. The molecule has 0 aromatic rings. The molecule has 0 aromatic heterocycles. The second-order valence-corrected chi connectivity index (χ2v) is 2.73. The maximum absolute atomic E-state index is 11.2. The molecule has 0 aromatic carbocycles. The van der Waals surface area contributed by atoms with E-state index in [-0.39, 0.29) is 18.3 Å². The van der Waals surface area contributed by atoms with Gasteiger partial charge in [-0.3, -0.25) is 0 Å². The van der Waals surface area contributed by atoms with Crippen molar-refractivity contribution in [1.29, 1.82) is 0 Å². The molecular weight excluding hydrogens is 188 g/mol. The minimum Gasteiger partial charge on any atom is -0.466 e. The zero-order chi connectivity index (χ0) is 10.6. The number of carbonyl (C=O) groups excluding carboxylic acids is 2. The van der Waals surface area contributed by atoms with E-state index in [1.165, 1.54) is 7.11 Å². The number of ether oxygens (including phenoxy) is 2. The molecule has 0 radical (unpaired) electrons. The molecule has 1 aliphatic rings. The van der Waals surface area contributed by atoms with Crippen molar-refractivity contribution >= 4 is 11.9 Å². The summed E-state index contributed by atoms with van der Waals surface area (Å²) in [6, 6.07) is 0. The van der Waals surface area contributed by atoms with Gasteiger partial charge in [-0.1, -0.05) is 0 Å². The van der Waals surface area contributed by atoms with Gasteiger partial charge in [0.25, 0.3) is 0 Å².